The Morgan fingerprint density at radius 2 is 2.06 bits per heavy atom. The fourth-order valence-corrected chi connectivity index (χ4v) is 6.00. The minimum absolute atomic E-state index is 0.158. The van der Waals surface area contributed by atoms with Gasteiger partial charge in [0.05, 0.1) is 22.4 Å². The van der Waals surface area contributed by atoms with Crippen LogP contribution < -0.4 is 14.9 Å². The number of hydrogen-bond acceptors (Lipinski definition) is 6. The van der Waals surface area contributed by atoms with Gasteiger partial charge in [-0.3, -0.25) is 9.36 Å². The average Bonchev–Trinajstić information content (AvgIpc) is 3.48. The Kier molecular flexibility index (Phi) is 5.19. The van der Waals surface area contributed by atoms with Crippen LogP contribution in [0.5, 0.6) is 0 Å². The smallest absolute Gasteiger partial charge is 0.338 e. The molecule has 32 heavy (non-hydrogen) atoms. The molecule has 162 valence electrons. The highest BCUT2D eigenvalue weighted by molar-refractivity contribution is 7.10. The van der Waals surface area contributed by atoms with Gasteiger partial charge in [-0.1, -0.05) is 35.6 Å². The first-order valence-electron chi connectivity index (χ1n) is 10.3. The molecule has 0 spiro atoms. The standard InChI is InChI=1S/C24H21N3O3S2/c1-4-30-23(29)20-14(2)25-24-27(21(20)18-10-7-11-31-18)22(28)19(32-24)12-15-13-26(3)17-9-6-5-8-16(15)17/h5-13,21H,4H2,1-3H3/b19-12-/t21-/m1/s1. The normalized spacial score (nSPS) is 16.3. The lowest BCUT2D eigenvalue weighted by Crippen LogP contribution is -2.39. The van der Waals surface area contributed by atoms with Crippen LogP contribution in [0, 0.1) is 0 Å². The van der Waals surface area contributed by atoms with Gasteiger partial charge in [0.15, 0.2) is 4.80 Å². The second-order valence-corrected chi connectivity index (χ2v) is 9.52. The van der Waals surface area contributed by atoms with Gasteiger partial charge < -0.3 is 9.30 Å². The maximum atomic E-state index is 13.6. The van der Waals surface area contributed by atoms with Gasteiger partial charge in [0.25, 0.3) is 5.56 Å². The van der Waals surface area contributed by atoms with Crippen LogP contribution in [0.4, 0.5) is 0 Å². The van der Waals surface area contributed by atoms with Crippen LogP contribution in [-0.4, -0.2) is 21.7 Å². The summed E-state index contributed by atoms with van der Waals surface area (Å²) >= 11 is 2.85. The zero-order valence-corrected chi connectivity index (χ0v) is 19.5. The Balaban J connectivity index is 1.74. The molecule has 1 aromatic carbocycles. The van der Waals surface area contributed by atoms with E-state index in [0.29, 0.717) is 20.6 Å². The Bertz CT molecular complexity index is 1550. The average molecular weight is 464 g/mol. The lowest BCUT2D eigenvalue weighted by Gasteiger charge is -2.23. The number of ether oxygens (including phenoxy) is 1. The molecule has 1 aliphatic rings. The Morgan fingerprint density at radius 1 is 1.25 bits per heavy atom. The molecule has 0 N–H and O–H groups in total. The Labute approximate surface area is 192 Å². The molecule has 0 fully saturated rings. The van der Waals surface area contributed by atoms with Crippen molar-refractivity contribution in [1.82, 2.24) is 9.13 Å². The number of thiazole rings is 1. The van der Waals surface area contributed by atoms with Crippen LogP contribution in [0.1, 0.15) is 30.3 Å². The van der Waals surface area contributed by atoms with E-state index in [1.165, 1.54) is 22.7 Å². The summed E-state index contributed by atoms with van der Waals surface area (Å²) in [6.07, 6.45) is 3.94. The summed E-state index contributed by atoms with van der Waals surface area (Å²) in [5.74, 6) is -0.435. The molecular formula is C24H21N3O3S2. The molecule has 1 atom stereocenters. The van der Waals surface area contributed by atoms with Gasteiger partial charge in [-0.05, 0) is 37.4 Å². The quantitative estimate of drug-likeness (QED) is 0.436. The fraction of sp³-hybridized carbons (Fsp3) is 0.208. The van der Waals surface area contributed by atoms with Crippen molar-refractivity contribution in [1.29, 1.82) is 0 Å². The van der Waals surface area contributed by atoms with Crippen LogP contribution in [0.25, 0.3) is 17.0 Å². The van der Waals surface area contributed by atoms with Crippen LogP contribution >= 0.6 is 22.7 Å². The third kappa shape index (κ3) is 3.27. The molecule has 0 bridgehead atoms. The van der Waals surface area contributed by atoms with Crippen molar-refractivity contribution in [3.8, 4) is 0 Å². The number of aromatic nitrogens is 2. The summed E-state index contributed by atoms with van der Waals surface area (Å²) in [6, 6.07) is 11.4. The van der Waals surface area contributed by atoms with E-state index in [1.54, 1.807) is 18.4 Å². The van der Waals surface area contributed by atoms with Gasteiger partial charge in [-0.15, -0.1) is 11.3 Å². The first-order chi connectivity index (χ1) is 15.5. The number of aryl methyl sites for hydroxylation is 1. The van der Waals surface area contributed by atoms with Crippen molar-refractivity contribution in [3.63, 3.8) is 0 Å². The van der Waals surface area contributed by atoms with Gasteiger partial charge in [0, 0.05) is 34.6 Å². The number of allylic oxidation sites excluding steroid dienone is 1. The Morgan fingerprint density at radius 3 is 2.81 bits per heavy atom. The summed E-state index contributed by atoms with van der Waals surface area (Å²) in [5, 5.41) is 3.03. The molecule has 0 amide bonds. The summed E-state index contributed by atoms with van der Waals surface area (Å²) in [4.78, 5) is 32.5. The van der Waals surface area contributed by atoms with E-state index in [-0.39, 0.29) is 12.2 Å². The van der Waals surface area contributed by atoms with Crippen LogP contribution in [0.15, 0.2) is 69.0 Å². The molecule has 5 rings (SSSR count). The summed E-state index contributed by atoms with van der Waals surface area (Å²) < 4.78 is 9.58. The van der Waals surface area contributed by atoms with E-state index in [9.17, 15) is 9.59 Å². The van der Waals surface area contributed by atoms with Gasteiger partial charge >= 0.3 is 5.97 Å². The number of esters is 1. The second-order valence-electron chi connectivity index (χ2n) is 7.53. The third-order valence-corrected chi connectivity index (χ3v) is 7.45. The largest absolute Gasteiger partial charge is 0.463 e. The minimum Gasteiger partial charge on any atom is -0.463 e. The Hall–Kier alpha value is -3.23. The predicted molar refractivity (Wildman–Crippen MR) is 128 cm³/mol. The number of nitrogens with zero attached hydrogens (tertiary/aromatic N) is 3. The lowest BCUT2D eigenvalue weighted by atomic mass is 10.0. The third-order valence-electron chi connectivity index (χ3n) is 5.54. The number of carbonyl (C=O) groups excluding carboxylic acids is 1. The van der Waals surface area contributed by atoms with Crippen LogP contribution in [0.3, 0.4) is 0 Å². The lowest BCUT2D eigenvalue weighted by molar-refractivity contribution is -0.139. The molecule has 6 nitrogen and oxygen atoms in total. The monoisotopic (exact) mass is 463 g/mol. The molecule has 0 aliphatic carbocycles. The molecule has 4 heterocycles. The van der Waals surface area contributed by atoms with E-state index in [0.717, 1.165) is 21.3 Å². The van der Waals surface area contributed by atoms with Gasteiger partial charge in [-0.25, -0.2) is 9.79 Å². The molecule has 0 unspecified atom stereocenters. The number of rotatable bonds is 4. The molecule has 0 saturated heterocycles. The first kappa shape index (κ1) is 20.7. The highest BCUT2D eigenvalue weighted by Crippen LogP contribution is 2.33. The maximum absolute atomic E-state index is 13.6. The molecule has 0 saturated carbocycles. The second kappa shape index (κ2) is 8.03. The minimum atomic E-state index is -0.542. The number of carbonyl (C=O) groups is 1. The molecule has 1 aliphatic heterocycles. The van der Waals surface area contributed by atoms with Gasteiger partial charge in [0.1, 0.15) is 6.04 Å². The molecular weight excluding hydrogens is 442 g/mol. The topological polar surface area (TPSA) is 65.6 Å². The number of thiophene rings is 1. The summed E-state index contributed by atoms with van der Waals surface area (Å²) in [6.45, 7) is 3.83. The van der Waals surface area contributed by atoms with E-state index >= 15 is 0 Å². The molecule has 0 radical (unpaired) electrons. The van der Waals surface area contributed by atoms with E-state index in [4.69, 9.17) is 4.74 Å². The first-order valence-corrected chi connectivity index (χ1v) is 12.0. The zero-order valence-electron chi connectivity index (χ0n) is 17.9. The molecule has 3 aromatic heterocycles. The zero-order chi connectivity index (χ0) is 22.4. The SMILES string of the molecule is CCOC(=O)C1=C(C)N=c2s/c(=C\c3cn(C)c4ccccc34)c(=O)n2[C@@H]1c1cccs1. The number of fused-ring (bicyclic) bond motifs is 2. The van der Waals surface area contributed by atoms with E-state index in [1.807, 2.05) is 49.0 Å². The van der Waals surface area contributed by atoms with E-state index in [2.05, 4.69) is 21.7 Å². The van der Waals surface area contributed by atoms with E-state index < -0.39 is 12.0 Å². The van der Waals surface area contributed by atoms with Crippen LogP contribution in [0.2, 0.25) is 0 Å². The summed E-state index contributed by atoms with van der Waals surface area (Å²) in [5.41, 5.74) is 2.92. The summed E-state index contributed by atoms with van der Waals surface area (Å²) in [7, 11) is 1.99. The van der Waals surface area contributed by atoms with Crippen LogP contribution in [-0.2, 0) is 16.6 Å². The van der Waals surface area contributed by atoms with Crippen molar-refractivity contribution in [3.05, 3.63) is 89.4 Å². The van der Waals surface area contributed by atoms with Crippen molar-refractivity contribution < 1.29 is 9.53 Å². The number of hydrogen-bond donors (Lipinski definition) is 0. The maximum Gasteiger partial charge on any atom is 0.338 e. The van der Waals surface area contributed by atoms with Crippen molar-refractivity contribution in [2.24, 2.45) is 12.0 Å². The fourth-order valence-electron chi connectivity index (χ4n) is 4.14. The number of benzene rings is 1. The van der Waals surface area contributed by atoms with Crippen molar-refractivity contribution in [2.75, 3.05) is 6.61 Å². The van der Waals surface area contributed by atoms with Crippen molar-refractivity contribution in [2.45, 2.75) is 19.9 Å². The van der Waals surface area contributed by atoms with Crippen molar-refractivity contribution >= 4 is 45.6 Å². The predicted octanol–water partition coefficient (Wildman–Crippen LogP) is 3.35. The number of para-hydroxylation sites is 1. The molecule has 4 aromatic rings. The molecule has 8 heteroatoms. The highest BCUT2D eigenvalue weighted by Gasteiger charge is 2.33. The highest BCUT2D eigenvalue weighted by atomic mass is 32.1. The van der Waals surface area contributed by atoms with Gasteiger partial charge in [-0.2, -0.15) is 0 Å². The van der Waals surface area contributed by atoms with Gasteiger partial charge in [0.2, 0.25) is 0 Å².